The third-order valence-electron chi connectivity index (χ3n) is 2.84. The maximum absolute atomic E-state index is 12.3. The number of hydrogen-bond acceptors (Lipinski definition) is 6. The first-order valence-electron chi connectivity index (χ1n) is 5.93. The number of aromatic amines is 1. The molecule has 2 heterocycles. The lowest BCUT2D eigenvalue weighted by molar-refractivity contribution is 0.0690. The van der Waals surface area contributed by atoms with Crippen LogP contribution < -0.4 is 4.72 Å². The van der Waals surface area contributed by atoms with Crippen molar-refractivity contribution >= 4 is 16.0 Å². The lowest BCUT2D eigenvalue weighted by Crippen LogP contribution is -2.24. The number of carbonyl (C=O) groups is 1. The third-order valence-corrected chi connectivity index (χ3v) is 4.52. The standard InChI is InChI=1S/C11H14N4O5S/c1-5-9(11(16)17)13-6(2)10(5)21(18,19)12-4-8-14-7(3)20-15-8/h12-13H,4H2,1-3H3,(H,16,17). The minimum absolute atomic E-state index is 0.0832. The van der Waals surface area contributed by atoms with Gasteiger partial charge in [-0.25, -0.2) is 17.9 Å². The van der Waals surface area contributed by atoms with Gasteiger partial charge in [0.1, 0.15) is 10.6 Å². The summed E-state index contributed by atoms with van der Waals surface area (Å²) < 4.78 is 31.6. The maximum Gasteiger partial charge on any atom is 0.352 e. The molecule has 0 atom stereocenters. The van der Waals surface area contributed by atoms with Crippen LogP contribution >= 0.6 is 0 Å². The predicted octanol–water partition coefficient (Wildman–Crippen LogP) is 0.500. The van der Waals surface area contributed by atoms with E-state index >= 15 is 0 Å². The van der Waals surface area contributed by atoms with Crippen molar-refractivity contribution in [3.8, 4) is 0 Å². The maximum atomic E-state index is 12.3. The molecule has 0 saturated heterocycles. The number of carboxylic acids is 1. The lowest BCUT2D eigenvalue weighted by Gasteiger charge is -2.05. The molecular formula is C11H14N4O5S. The van der Waals surface area contributed by atoms with Gasteiger partial charge in [0.25, 0.3) is 0 Å². The van der Waals surface area contributed by atoms with Crippen molar-refractivity contribution in [3.05, 3.63) is 28.7 Å². The van der Waals surface area contributed by atoms with Crippen LogP contribution in [0.5, 0.6) is 0 Å². The summed E-state index contributed by atoms with van der Waals surface area (Å²) in [5, 5.41) is 12.6. The summed E-state index contributed by atoms with van der Waals surface area (Å²) in [5.41, 5.74) is 0.252. The Balaban J connectivity index is 2.29. The molecule has 10 heteroatoms. The fraction of sp³-hybridized carbons (Fsp3) is 0.364. The van der Waals surface area contributed by atoms with E-state index in [0.29, 0.717) is 5.89 Å². The van der Waals surface area contributed by atoms with Crippen LogP contribution in [0.3, 0.4) is 0 Å². The van der Waals surface area contributed by atoms with E-state index in [1.807, 2.05) is 0 Å². The molecule has 2 aromatic heterocycles. The number of aryl methyl sites for hydroxylation is 2. The Morgan fingerprint density at radius 3 is 2.52 bits per heavy atom. The van der Waals surface area contributed by atoms with Crippen molar-refractivity contribution in [3.63, 3.8) is 0 Å². The Morgan fingerprint density at radius 1 is 1.38 bits per heavy atom. The number of nitrogens with one attached hydrogen (secondary N) is 2. The minimum Gasteiger partial charge on any atom is -0.477 e. The zero-order valence-corrected chi connectivity index (χ0v) is 12.4. The highest BCUT2D eigenvalue weighted by Gasteiger charge is 2.26. The molecule has 0 aromatic carbocycles. The highest BCUT2D eigenvalue weighted by molar-refractivity contribution is 7.89. The van der Waals surface area contributed by atoms with E-state index in [9.17, 15) is 13.2 Å². The fourth-order valence-electron chi connectivity index (χ4n) is 1.99. The first-order valence-corrected chi connectivity index (χ1v) is 7.42. The van der Waals surface area contributed by atoms with E-state index in [-0.39, 0.29) is 34.2 Å². The van der Waals surface area contributed by atoms with Gasteiger partial charge in [-0.3, -0.25) is 0 Å². The molecule has 0 aliphatic carbocycles. The fourth-order valence-corrected chi connectivity index (χ4v) is 3.42. The van der Waals surface area contributed by atoms with Gasteiger partial charge in [0.05, 0.1) is 6.54 Å². The van der Waals surface area contributed by atoms with Crippen molar-refractivity contribution in [2.75, 3.05) is 0 Å². The quantitative estimate of drug-likeness (QED) is 0.730. The molecule has 0 aliphatic rings. The van der Waals surface area contributed by atoms with Gasteiger partial charge in [0.15, 0.2) is 5.82 Å². The van der Waals surface area contributed by atoms with Crippen LogP contribution in [0.25, 0.3) is 0 Å². The SMILES string of the molecule is Cc1nc(CNS(=O)(=O)c2c(C)[nH]c(C(=O)O)c2C)no1. The molecule has 2 aromatic rings. The van der Waals surface area contributed by atoms with Gasteiger partial charge in [0, 0.05) is 18.2 Å². The number of rotatable bonds is 5. The molecular weight excluding hydrogens is 300 g/mol. The summed E-state index contributed by atoms with van der Waals surface area (Å²) in [7, 11) is -3.89. The Hall–Kier alpha value is -2.20. The summed E-state index contributed by atoms with van der Waals surface area (Å²) >= 11 is 0. The Labute approximate surface area is 120 Å². The van der Waals surface area contributed by atoms with Crippen molar-refractivity contribution in [2.45, 2.75) is 32.2 Å². The lowest BCUT2D eigenvalue weighted by atomic mass is 10.2. The number of sulfonamides is 1. The molecule has 21 heavy (non-hydrogen) atoms. The van der Waals surface area contributed by atoms with Crippen molar-refractivity contribution in [2.24, 2.45) is 0 Å². The van der Waals surface area contributed by atoms with Crippen molar-refractivity contribution in [1.82, 2.24) is 19.8 Å². The molecule has 0 amide bonds. The minimum atomic E-state index is -3.89. The summed E-state index contributed by atoms with van der Waals surface area (Å²) in [5.74, 6) is -0.697. The van der Waals surface area contributed by atoms with E-state index < -0.39 is 16.0 Å². The summed E-state index contributed by atoms with van der Waals surface area (Å²) in [6.45, 7) is 4.36. The molecule has 0 bridgehead atoms. The second kappa shape index (κ2) is 5.30. The molecule has 9 nitrogen and oxygen atoms in total. The smallest absolute Gasteiger partial charge is 0.352 e. The molecule has 2 rings (SSSR count). The number of nitrogens with zero attached hydrogens (tertiary/aromatic N) is 2. The van der Waals surface area contributed by atoms with Crippen LogP contribution in [0.1, 0.15) is 33.5 Å². The van der Waals surface area contributed by atoms with Crippen LogP contribution in [-0.4, -0.2) is 34.6 Å². The van der Waals surface area contributed by atoms with Gasteiger partial charge in [-0.1, -0.05) is 5.16 Å². The summed E-state index contributed by atoms with van der Waals surface area (Å²) in [6.07, 6.45) is 0. The second-order valence-corrected chi connectivity index (χ2v) is 6.14. The number of carboxylic acid groups (broad SMARTS) is 1. The normalized spacial score (nSPS) is 11.8. The molecule has 0 saturated carbocycles. The molecule has 0 unspecified atom stereocenters. The van der Waals surface area contributed by atoms with Crippen molar-refractivity contribution < 1.29 is 22.8 Å². The van der Waals surface area contributed by atoms with Gasteiger partial charge in [-0.2, -0.15) is 4.98 Å². The monoisotopic (exact) mass is 314 g/mol. The van der Waals surface area contributed by atoms with Crippen LogP contribution in [0.15, 0.2) is 9.42 Å². The first kappa shape index (κ1) is 15.2. The average molecular weight is 314 g/mol. The predicted molar refractivity (Wildman–Crippen MR) is 70.3 cm³/mol. The highest BCUT2D eigenvalue weighted by Crippen LogP contribution is 2.23. The van der Waals surface area contributed by atoms with Gasteiger partial charge >= 0.3 is 5.97 Å². The van der Waals surface area contributed by atoms with Gasteiger partial charge in [0.2, 0.25) is 15.9 Å². The van der Waals surface area contributed by atoms with Crippen LogP contribution in [0, 0.1) is 20.8 Å². The number of aromatic carboxylic acids is 1. The largest absolute Gasteiger partial charge is 0.477 e. The Kier molecular flexibility index (Phi) is 3.83. The van der Waals surface area contributed by atoms with E-state index in [2.05, 4.69) is 19.8 Å². The molecule has 0 fully saturated rings. The molecule has 0 radical (unpaired) electrons. The van der Waals surface area contributed by atoms with E-state index in [1.165, 1.54) is 13.8 Å². The van der Waals surface area contributed by atoms with E-state index in [1.54, 1.807) is 6.92 Å². The topological polar surface area (TPSA) is 138 Å². The molecule has 114 valence electrons. The average Bonchev–Trinajstić information content (AvgIpc) is 2.91. The van der Waals surface area contributed by atoms with Gasteiger partial charge in [-0.05, 0) is 13.8 Å². The summed E-state index contributed by atoms with van der Waals surface area (Å²) in [6, 6.07) is 0. The third kappa shape index (κ3) is 2.95. The number of hydrogen-bond donors (Lipinski definition) is 3. The molecule has 3 N–H and O–H groups in total. The molecule has 0 spiro atoms. The number of aromatic nitrogens is 3. The molecule has 0 aliphatic heterocycles. The Bertz CT molecular complexity index is 790. The van der Waals surface area contributed by atoms with Crippen LogP contribution in [-0.2, 0) is 16.6 Å². The first-order chi connectivity index (χ1) is 9.72. The number of H-pyrrole nitrogens is 1. The Morgan fingerprint density at radius 2 is 2.05 bits per heavy atom. The highest BCUT2D eigenvalue weighted by atomic mass is 32.2. The van der Waals surface area contributed by atoms with Gasteiger partial charge < -0.3 is 14.6 Å². The van der Waals surface area contributed by atoms with E-state index in [4.69, 9.17) is 9.63 Å². The zero-order valence-electron chi connectivity index (χ0n) is 11.6. The van der Waals surface area contributed by atoms with Crippen LogP contribution in [0.4, 0.5) is 0 Å². The van der Waals surface area contributed by atoms with E-state index in [0.717, 1.165) is 0 Å². The van der Waals surface area contributed by atoms with Crippen LogP contribution in [0.2, 0.25) is 0 Å². The second-order valence-electron chi connectivity index (χ2n) is 4.44. The van der Waals surface area contributed by atoms with Crippen molar-refractivity contribution in [1.29, 1.82) is 0 Å². The zero-order chi connectivity index (χ0) is 15.8. The summed E-state index contributed by atoms with van der Waals surface area (Å²) in [4.78, 5) is 17.4. The van der Waals surface area contributed by atoms with Gasteiger partial charge in [-0.15, -0.1) is 0 Å².